The summed E-state index contributed by atoms with van der Waals surface area (Å²) in [6.07, 6.45) is 0. The molecular weight excluding hydrogens is 432 g/mol. The average Bonchev–Trinajstić information content (AvgIpc) is 2.55. The van der Waals surface area contributed by atoms with Crippen molar-refractivity contribution in [2.45, 2.75) is 38.1 Å². The molecule has 1 amide bonds. The monoisotopic (exact) mass is 454 g/mol. The van der Waals surface area contributed by atoms with Crippen LogP contribution in [0.1, 0.15) is 36.7 Å². The predicted molar refractivity (Wildman–Crippen MR) is 110 cm³/mol. The number of anilines is 1. The molecule has 0 heterocycles. The van der Waals surface area contributed by atoms with Crippen molar-refractivity contribution in [1.82, 2.24) is 4.72 Å². The highest BCUT2D eigenvalue weighted by Crippen LogP contribution is 2.27. The van der Waals surface area contributed by atoms with E-state index >= 15 is 0 Å². The summed E-state index contributed by atoms with van der Waals surface area (Å²) in [6.45, 7) is 7.09. The average molecular weight is 455 g/mol. The van der Waals surface area contributed by atoms with E-state index in [4.69, 9.17) is 4.74 Å². The summed E-state index contributed by atoms with van der Waals surface area (Å²) in [7, 11) is -2.48. The van der Waals surface area contributed by atoms with Gasteiger partial charge in [0.2, 0.25) is 10.0 Å². The molecule has 0 saturated carbocycles. The Bertz CT molecular complexity index is 966. The van der Waals surface area contributed by atoms with Crippen LogP contribution in [0, 0.1) is 6.92 Å². The van der Waals surface area contributed by atoms with Crippen LogP contribution in [0.2, 0.25) is 0 Å². The molecule has 2 rings (SSSR count). The third-order valence-corrected chi connectivity index (χ3v) is 5.88. The normalized spacial score (nSPS) is 11.9. The van der Waals surface area contributed by atoms with Crippen LogP contribution < -0.4 is 14.8 Å². The van der Waals surface area contributed by atoms with E-state index < -0.39 is 21.5 Å². The molecule has 0 unspecified atom stereocenters. The predicted octanol–water partition coefficient (Wildman–Crippen LogP) is 4.10. The molecule has 27 heavy (non-hydrogen) atoms. The van der Waals surface area contributed by atoms with Crippen molar-refractivity contribution >= 4 is 37.5 Å². The molecule has 0 radical (unpaired) electrons. The van der Waals surface area contributed by atoms with Crippen LogP contribution in [0.4, 0.5) is 5.69 Å². The Kier molecular flexibility index (Phi) is 6.34. The van der Waals surface area contributed by atoms with E-state index in [1.807, 2.05) is 19.1 Å². The number of rotatable bonds is 5. The Morgan fingerprint density at radius 3 is 2.37 bits per heavy atom. The van der Waals surface area contributed by atoms with Crippen LogP contribution >= 0.6 is 15.9 Å². The van der Waals surface area contributed by atoms with Gasteiger partial charge in [0.25, 0.3) is 5.91 Å². The Hall–Kier alpha value is -1.90. The van der Waals surface area contributed by atoms with Gasteiger partial charge in [-0.05, 0) is 63.6 Å². The van der Waals surface area contributed by atoms with Gasteiger partial charge < -0.3 is 10.1 Å². The second-order valence-electron chi connectivity index (χ2n) is 7.13. The number of hydrogen-bond acceptors (Lipinski definition) is 4. The Morgan fingerprint density at radius 2 is 1.78 bits per heavy atom. The van der Waals surface area contributed by atoms with E-state index in [0.29, 0.717) is 5.69 Å². The zero-order valence-corrected chi connectivity index (χ0v) is 18.3. The van der Waals surface area contributed by atoms with Crippen molar-refractivity contribution in [3.63, 3.8) is 0 Å². The van der Waals surface area contributed by atoms with Crippen molar-refractivity contribution < 1.29 is 17.9 Å². The summed E-state index contributed by atoms with van der Waals surface area (Å²) in [5.74, 6) is -0.243. The number of carbonyl (C=O) groups is 1. The maximum Gasteiger partial charge on any atom is 0.255 e. The smallest absolute Gasteiger partial charge is 0.255 e. The van der Waals surface area contributed by atoms with Crippen molar-refractivity contribution in [3.05, 3.63) is 52.0 Å². The van der Waals surface area contributed by atoms with Crippen LogP contribution in [0.3, 0.4) is 0 Å². The molecule has 0 aliphatic carbocycles. The SMILES string of the molecule is COc1ccc(C(=O)Nc2cc(Br)ccc2C)cc1S(=O)(=O)NC(C)(C)C. The Morgan fingerprint density at radius 1 is 1.11 bits per heavy atom. The van der Waals surface area contributed by atoms with E-state index in [2.05, 4.69) is 26.0 Å². The summed E-state index contributed by atoms with van der Waals surface area (Å²) >= 11 is 3.37. The first kappa shape index (κ1) is 21.4. The Balaban J connectivity index is 2.41. The van der Waals surface area contributed by atoms with E-state index in [-0.39, 0.29) is 16.2 Å². The molecule has 2 aromatic rings. The van der Waals surface area contributed by atoms with Crippen molar-refractivity contribution in [2.75, 3.05) is 12.4 Å². The Labute approximate surface area is 168 Å². The van der Waals surface area contributed by atoms with Crippen molar-refractivity contribution in [3.8, 4) is 5.75 Å². The molecular formula is C19H23BrN2O4S. The molecule has 0 aliphatic rings. The second-order valence-corrected chi connectivity index (χ2v) is 9.70. The third-order valence-electron chi connectivity index (χ3n) is 3.60. The molecule has 2 aromatic carbocycles. The molecule has 0 atom stereocenters. The van der Waals surface area contributed by atoms with E-state index in [0.717, 1.165) is 10.0 Å². The van der Waals surface area contributed by atoms with Crippen LogP contribution in [0.25, 0.3) is 0 Å². The molecule has 6 nitrogen and oxygen atoms in total. The first-order valence-electron chi connectivity index (χ1n) is 8.22. The van der Waals surface area contributed by atoms with Gasteiger partial charge in [-0.1, -0.05) is 22.0 Å². The fraction of sp³-hybridized carbons (Fsp3) is 0.316. The highest BCUT2D eigenvalue weighted by atomic mass is 79.9. The quantitative estimate of drug-likeness (QED) is 0.711. The number of methoxy groups -OCH3 is 1. The highest BCUT2D eigenvalue weighted by molar-refractivity contribution is 9.10. The summed E-state index contributed by atoms with van der Waals surface area (Å²) in [5.41, 5.74) is 1.07. The summed E-state index contributed by atoms with van der Waals surface area (Å²) in [6, 6.07) is 9.85. The maximum absolute atomic E-state index is 12.7. The molecule has 0 saturated heterocycles. The second kappa shape index (κ2) is 8.00. The largest absolute Gasteiger partial charge is 0.495 e. The minimum atomic E-state index is -3.87. The van der Waals surface area contributed by atoms with E-state index in [9.17, 15) is 13.2 Å². The van der Waals surface area contributed by atoms with Crippen LogP contribution in [0.5, 0.6) is 5.75 Å². The number of hydrogen-bond donors (Lipinski definition) is 2. The number of amides is 1. The lowest BCUT2D eigenvalue weighted by Gasteiger charge is -2.21. The van der Waals surface area contributed by atoms with E-state index in [1.54, 1.807) is 26.8 Å². The maximum atomic E-state index is 12.7. The number of carbonyl (C=O) groups excluding carboxylic acids is 1. The van der Waals surface area contributed by atoms with Gasteiger partial charge in [0, 0.05) is 21.3 Å². The number of halogens is 1. The third kappa shape index (κ3) is 5.54. The van der Waals surface area contributed by atoms with Crippen LogP contribution in [-0.4, -0.2) is 27.0 Å². The first-order valence-corrected chi connectivity index (χ1v) is 10.5. The highest BCUT2D eigenvalue weighted by Gasteiger charge is 2.26. The van der Waals surface area contributed by atoms with Crippen molar-refractivity contribution in [2.24, 2.45) is 0 Å². The van der Waals surface area contributed by atoms with Gasteiger partial charge in [0.05, 0.1) is 7.11 Å². The van der Waals surface area contributed by atoms with Gasteiger partial charge in [0.15, 0.2) is 0 Å². The van der Waals surface area contributed by atoms with Gasteiger partial charge in [0.1, 0.15) is 10.6 Å². The fourth-order valence-corrected chi connectivity index (χ4v) is 4.38. The minimum Gasteiger partial charge on any atom is -0.495 e. The molecule has 0 spiro atoms. The summed E-state index contributed by atoms with van der Waals surface area (Å²) in [4.78, 5) is 12.6. The van der Waals surface area contributed by atoms with Crippen molar-refractivity contribution in [1.29, 1.82) is 0 Å². The fourth-order valence-electron chi connectivity index (χ4n) is 2.41. The molecule has 0 aromatic heterocycles. The number of sulfonamides is 1. The lowest BCUT2D eigenvalue weighted by Crippen LogP contribution is -2.40. The molecule has 2 N–H and O–H groups in total. The number of aryl methyl sites for hydroxylation is 1. The number of nitrogens with one attached hydrogen (secondary N) is 2. The number of benzene rings is 2. The number of ether oxygens (including phenoxy) is 1. The van der Waals surface area contributed by atoms with Gasteiger partial charge in [-0.15, -0.1) is 0 Å². The molecule has 0 aliphatic heterocycles. The van der Waals surface area contributed by atoms with Gasteiger partial charge in [-0.25, -0.2) is 13.1 Å². The topological polar surface area (TPSA) is 84.5 Å². The molecule has 146 valence electrons. The van der Waals surface area contributed by atoms with E-state index in [1.165, 1.54) is 25.3 Å². The van der Waals surface area contributed by atoms with Gasteiger partial charge in [-0.3, -0.25) is 4.79 Å². The minimum absolute atomic E-state index is 0.0847. The lowest BCUT2D eigenvalue weighted by atomic mass is 10.1. The zero-order valence-electron chi connectivity index (χ0n) is 15.9. The molecule has 0 bridgehead atoms. The zero-order chi connectivity index (χ0) is 20.4. The molecule has 8 heteroatoms. The van der Waals surface area contributed by atoms with Gasteiger partial charge in [-0.2, -0.15) is 0 Å². The lowest BCUT2D eigenvalue weighted by molar-refractivity contribution is 0.102. The van der Waals surface area contributed by atoms with Crippen LogP contribution in [-0.2, 0) is 10.0 Å². The standard InChI is InChI=1S/C19H23BrN2O4S/c1-12-6-8-14(20)11-15(12)21-18(23)13-7-9-16(26-5)17(10-13)27(24,25)22-19(2,3)4/h6-11,22H,1-5H3,(H,21,23). The summed E-state index contributed by atoms with van der Waals surface area (Å²) in [5, 5.41) is 2.81. The van der Waals surface area contributed by atoms with Gasteiger partial charge >= 0.3 is 0 Å². The first-order chi connectivity index (χ1) is 12.4. The molecule has 0 fully saturated rings. The summed E-state index contributed by atoms with van der Waals surface area (Å²) < 4.78 is 34.0. The van der Waals surface area contributed by atoms with Crippen LogP contribution in [0.15, 0.2) is 45.8 Å².